The topological polar surface area (TPSA) is 20.2 Å². The molecule has 0 fully saturated rings. The van der Waals surface area contributed by atoms with Crippen molar-refractivity contribution in [2.24, 2.45) is 0 Å². The van der Waals surface area contributed by atoms with Crippen LogP contribution in [0.1, 0.15) is 25.0 Å². The van der Waals surface area contributed by atoms with Gasteiger partial charge in [-0.15, -0.1) is 0 Å². The molecule has 2 rings (SSSR count). The van der Waals surface area contributed by atoms with E-state index in [1.54, 1.807) is 0 Å². The van der Waals surface area contributed by atoms with Gasteiger partial charge >= 0.3 is 0 Å². The zero-order chi connectivity index (χ0) is 11.8. The van der Waals surface area contributed by atoms with Crippen LogP contribution in [0, 0.1) is 6.92 Å². The number of hydrogen-bond donors (Lipinski definition) is 1. The van der Waals surface area contributed by atoms with Crippen LogP contribution in [0.15, 0.2) is 36.4 Å². The van der Waals surface area contributed by atoms with Gasteiger partial charge in [-0.2, -0.15) is 0 Å². The van der Waals surface area contributed by atoms with Crippen LogP contribution in [0.5, 0.6) is 0 Å². The first-order valence-corrected chi connectivity index (χ1v) is 5.65. The molecule has 0 unspecified atom stereocenters. The van der Waals surface area contributed by atoms with E-state index < -0.39 is 0 Å². The minimum atomic E-state index is -0.186. The number of rotatable bonds is 2. The third-order valence-electron chi connectivity index (χ3n) is 3.16. The van der Waals surface area contributed by atoms with Gasteiger partial charge in [-0.05, 0) is 23.3 Å². The average molecular weight is 214 g/mol. The van der Waals surface area contributed by atoms with E-state index in [-0.39, 0.29) is 12.0 Å². The van der Waals surface area contributed by atoms with E-state index in [2.05, 4.69) is 57.2 Å². The molecule has 0 bridgehead atoms. The summed E-state index contributed by atoms with van der Waals surface area (Å²) in [6, 6.07) is 12.8. The number of aliphatic hydroxyl groups is 1. The Morgan fingerprint density at radius 2 is 1.88 bits per heavy atom. The first-order valence-electron chi connectivity index (χ1n) is 5.65. The molecule has 0 aliphatic carbocycles. The van der Waals surface area contributed by atoms with Crippen molar-refractivity contribution in [3.63, 3.8) is 0 Å². The summed E-state index contributed by atoms with van der Waals surface area (Å²) in [5, 5.41) is 12.0. The second-order valence-electron chi connectivity index (χ2n) is 5.07. The van der Waals surface area contributed by atoms with Crippen LogP contribution in [-0.2, 0) is 5.41 Å². The summed E-state index contributed by atoms with van der Waals surface area (Å²) < 4.78 is 0. The molecule has 0 heterocycles. The highest BCUT2D eigenvalue weighted by Crippen LogP contribution is 2.30. The van der Waals surface area contributed by atoms with Gasteiger partial charge in [0.15, 0.2) is 0 Å². The van der Waals surface area contributed by atoms with Gasteiger partial charge in [-0.3, -0.25) is 0 Å². The van der Waals surface area contributed by atoms with Crippen molar-refractivity contribution < 1.29 is 5.11 Å². The lowest BCUT2D eigenvalue weighted by atomic mass is 9.82. The second-order valence-corrected chi connectivity index (χ2v) is 5.07. The third kappa shape index (κ3) is 1.83. The Kier molecular flexibility index (Phi) is 2.73. The monoisotopic (exact) mass is 214 g/mol. The molecule has 0 amide bonds. The number of aliphatic hydroxyl groups excluding tert-OH is 1. The minimum Gasteiger partial charge on any atom is -0.395 e. The number of fused-ring (bicyclic) bond motifs is 1. The molecule has 0 spiro atoms. The van der Waals surface area contributed by atoms with Crippen LogP contribution in [0.3, 0.4) is 0 Å². The Morgan fingerprint density at radius 1 is 1.12 bits per heavy atom. The quantitative estimate of drug-likeness (QED) is 0.812. The van der Waals surface area contributed by atoms with Gasteiger partial charge in [0.2, 0.25) is 0 Å². The molecule has 1 heteroatoms. The fourth-order valence-corrected chi connectivity index (χ4v) is 2.08. The number of aryl methyl sites for hydroxylation is 1. The molecular weight excluding hydrogens is 196 g/mol. The first-order chi connectivity index (χ1) is 7.54. The van der Waals surface area contributed by atoms with Crippen molar-refractivity contribution >= 4 is 10.8 Å². The Balaban J connectivity index is 2.72. The van der Waals surface area contributed by atoms with Gasteiger partial charge in [0, 0.05) is 5.41 Å². The molecule has 0 saturated carbocycles. The maximum Gasteiger partial charge on any atom is 0.0522 e. The summed E-state index contributed by atoms with van der Waals surface area (Å²) in [5.74, 6) is 0. The molecule has 0 aromatic heterocycles. The van der Waals surface area contributed by atoms with E-state index in [9.17, 15) is 5.11 Å². The highest BCUT2D eigenvalue weighted by atomic mass is 16.3. The van der Waals surface area contributed by atoms with E-state index in [0.717, 1.165) is 0 Å². The molecule has 1 nitrogen and oxygen atoms in total. The Hall–Kier alpha value is -1.34. The summed E-state index contributed by atoms with van der Waals surface area (Å²) in [4.78, 5) is 0. The van der Waals surface area contributed by atoms with Crippen molar-refractivity contribution in [2.45, 2.75) is 26.2 Å². The lowest BCUT2D eigenvalue weighted by molar-refractivity contribution is 0.219. The molecule has 1 N–H and O–H groups in total. The number of hydrogen-bond acceptors (Lipinski definition) is 1. The largest absolute Gasteiger partial charge is 0.395 e. The fourth-order valence-electron chi connectivity index (χ4n) is 2.08. The van der Waals surface area contributed by atoms with Crippen LogP contribution in [-0.4, -0.2) is 11.7 Å². The molecule has 16 heavy (non-hydrogen) atoms. The van der Waals surface area contributed by atoms with Crippen LogP contribution in [0.2, 0.25) is 0 Å². The summed E-state index contributed by atoms with van der Waals surface area (Å²) >= 11 is 0. The molecule has 84 valence electrons. The normalized spacial score (nSPS) is 12.0. The van der Waals surface area contributed by atoms with E-state index >= 15 is 0 Å². The highest BCUT2D eigenvalue weighted by molar-refractivity contribution is 5.87. The van der Waals surface area contributed by atoms with Crippen molar-refractivity contribution in [3.05, 3.63) is 47.5 Å². The summed E-state index contributed by atoms with van der Waals surface area (Å²) in [6.07, 6.45) is 0. The minimum absolute atomic E-state index is 0.167. The molecule has 0 atom stereocenters. The molecular formula is C15H18O. The average Bonchev–Trinajstić information content (AvgIpc) is 2.27. The van der Waals surface area contributed by atoms with E-state index in [0.29, 0.717) is 0 Å². The molecule has 0 aliphatic rings. The number of benzene rings is 2. The van der Waals surface area contributed by atoms with Crippen LogP contribution in [0.4, 0.5) is 0 Å². The second kappa shape index (κ2) is 3.91. The van der Waals surface area contributed by atoms with Gasteiger partial charge < -0.3 is 5.11 Å². The molecule has 2 aromatic rings. The smallest absolute Gasteiger partial charge is 0.0522 e. The Labute approximate surface area is 96.7 Å². The SMILES string of the molecule is Cc1ccc2c(C(C)(C)CO)cccc2c1. The Morgan fingerprint density at radius 3 is 2.56 bits per heavy atom. The molecule has 2 aromatic carbocycles. The zero-order valence-corrected chi connectivity index (χ0v) is 10.1. The molecule has 0 radical (unpaired) electrons. The molecule has 0 saturated heterocycles. The van der Waals surface area contributed by atoms with Crippen LogP contribution >= 0.6 is 0 Å². The van der Waals surface area contributed by atoms with Gasteiger partial charge in [0.05, 0.1) is 6.61 Å². The lowest BCUT2D eigenvalue weighted by Gasteiger charge is -2.24. The van der Waals surface area contributed by atoms with Crippen molar-refractivity contribution in [3.8, 4) is 0 Å². The van der Waals surface area contributed by atoms with Gasteiger partial charge in [-0.25, -0.2) is 0 Å². The zero-order valence-electron chi connectivity index (χ0n) is 10.1. The fraction of sp³-hybridized carbons (Fsp3) is 0.333. The highest BCUT2D eigenvalue weighted by Gasteiger charge is 2.21. The van der Waals surface area contributed by atoms with E-state index in [1.807, 2.05) is 0 Å². The van der Waals surface area contributed by atoms with E-state index in [1.165, 1.54) is 21.9 Å². The van der Waals surface area contributed by atoms with Crippen molar-refractivity contribution in [1.29, 1.82) is 0 Å². The van der Waals surface area contributed by atoms with Crippen LogP contribution < -0.4 is 0 Å². The summed E-state index contributed by atoms with van der Waals surface area (Å²) in [6.45, 7) is 6.41. The maximum absolute atomic E-state index is 9.46. The maximum atomic E-state index is 9.46. The molecule has 0 aliphatic heterocycles. The van der Waals surface area contributed by atoms with Gasteiger partial charge in [-0.1, -0.05) is 55.8 Å². The van der Waals surface area contributed by atoms with Crippen molar-refractivity contribution in [1.82, 2.24) is 0 Å². The summed E-state index contributed by atoms with van der Waals surface area (Å²) in [5.41, 5.74) is 2.30. The van der Waals surface area contributed by atoms with Crippen LogP contribution in [0.25, 0.3) is 10.8 Å². The van der Waals surface area contributed by atoms with Gasteiger partial charge in [0.25, 0.3) is 0 Å². The summed E-state index contributed by atoms with van der Waals surface area (Å²) in [7, 11) is 0. The standard InChI is InChI=1S/C15H18O/c1-11-7-8-13-12(9-11)5-4-6-14(13)15(2,3)10-16/h4-9,16H,10H2,1-3H3. The van der Waals surface area contributed by atoms with Crippen molar-refractivity contribution in [2.75, 3.05) is 6.61 Å². The third-order valence-corrected chi connectivity index (χ3v) is 3.16. The Bertz CT molecular complexity index is 512. The lowest BCUT2D eigenvalue weighted by Crippen LogP contribution is -2.22. The predicted octanol–water partition coefficient (Wildman–Crippen LogP) is 3.42. The van der Waals surface area contributed by atoms with E-state index in [4.69, 9.17) is 0 Å². The first kappa shape index (κ1) is 11.2. The van der Waals surface area contributed by atoms with Gasteiger partial charge in [0.1, 0.15) is 0 Å². The predicted molar refractivity (Wildman–Crippen MR) is 68.8 cm³/mol.